The van der Waals surface area contributed by atoms with Crippen molar-refractivity contribution in [3.05, 3.63) is 84.1 Å². The van der Waals surface area contributed by atoms with Gasteiger partial charge in [-0.3, -0.25) is 0 Å². The van der Waals surface area contributed by atoms with Gasteiger partial charge in [0.25, 0.3) is 5.88 Å². The maximum absolute atomic E-state index is 5.88. The van der Waals surface area contributed by atoms with Crippen molar-refractivity contribution in [3.8, 4) is 23.1 Å². The molecule has 0 saturated heterocycles. The number of rotatable bonds is 2. The Hall–Kier alpha value is -3.66. The summed E-state index contributed by atoms with van der Waals surface area (Å²) in [7, 11) is 0. The van der Waals surface area contributed by atoms with Crippen molar-refractivity contribution in [1.29, 1.82) is 0 Å². The number of hydrogen-bond acceptors (Lipinski definition) is 4. The third-order valence-corrected chi connectivity index (χ3v) is 4.28. The van der Waals surface area contributed by atoms with Crippen LogP contribution in [0.15, 0.2) is 72.8 Å². The summed E-state index contributed by atoms with van der Waals surface area (Å²) in [5.74, 6) is 2.27. The average Bonchev–Trinajstić information content (AvgIpc) is 2.70. The molecule has 0 unspecified atom stereocenters. The van der Waals surface area contributed by atoms with Gasteiger partial charge in [-0.2, -0.15) is 0 Å². The second-order valence-corrected chi connectivity index (χ2v) is 5.99. The molecule has 1 aliphatic rings. The van der Waals surface area contributed by atoms with Crippen molar-refractivity contribution in [1.82, 2.24) is 10.2 Å². The number of nitrogens with zero attached hydrogens (tertiary/aromatic N) is 2. The molecule has 2 heterocycles. The molecule has 0 atom stereocenters. The predicted octanol–water partition coefficient (Wildman–Crippen LogP) is 5.70. The largest absolute Gasteiger partial charge is 0.448 e. The Kier molecular flexibility index (Phi) is 3.39. The topological polar surface area (TPSA) is 44.2 Å². The van der Waals surface area contributed by atoms with E-state index in [-0.39, 0.29) is 0 Å². The molecular weight excluding hydrogens is 324 g/mol. The molecule has 5 rings (SSSR count). The van der Waals surface area contributed by atoms with Gasteiger partial charge >= 0.3 is 0 Å². The lowest BCUT2D eigenvalue weighted by Crippen LogP contribution is -2.02. The highest BCUT2D eigenvalue weighted by atomic mass is 16.6. The number of aromatic nitrogens is 2. The third kappa shape index (κ3) is 2.58. The molecule has 0 fully saturated rings. The molecule has 4 nitrogen and oxygen atoms in total. The summed E-state index contributed by atoms with van der Waals surface area (Å²) in [6, 6.07) is 23.9. The monoisotopic (exact) mass is 338 g/mol. The minimum Gasteiger partial charge on any atom is -0.448 e. The van der Waals surface area contributed by atoms with Crippen LogP contribution in [0, 0.1) is 0 Å². The average molecular weight is 338 g/mol. The van der Waals surface area contributed by atoms with E-state index in [1.165, 1.54) is 10.8 Å². The molecule has 1 aromatic heterocycles. The van der Waals surface area contributed by atoms with Crippen molar-refractivity contribution < 1.29 is 9.47 Å². The first kappa shape index (κ1) is 14.7. The van der Waals surface area contributed by atoms with Gasteiger partial charge in [-0.25, -0.2) is 0 Å². The highest BCUT2D eigenvalue weighted by Gasteiger charge is 2.20. The molecule has 26 heavy (non-hydrogen) atoms. The van der Waals surface area contributed by atoms with Crippen molar-refractivity contribution in [3.63, 3.8) is 0 Å². The first-order valence-electron chi connectivity index (χ1n) is 8.35. The molecule has 0 spiro atoms. The Bertz CT molecular complexity index is 1150. The van der Waals surface area contributed by atoms with Gasteiger partial charge in [-0.05, 0) is 34.5 Å². The number of para-hydroxylation sites is 2. The first-order chi connectivity index (χ1) is 12.9. The van der Waals surface area contributed by atoms with Crippen LogP contribution < -0.4 is 9.47 Å². The Morgan fingerprint density at radius 1 is 0.654 bits per heavy atom. The fraction of sp³-hybridized carbons (Fsp3) is 0. The molecule has 0 aliphatic carbocycles. The molecule has 0 saturated carbocycles. The molecule has 0 radical (unpaired) electrons. The minimum atomic E-state index is 0.381. The van der Waals surface area contributed by atoms with Crippen LogP contribution in [0.3, 0.4) is 0 Å². The van der Waals surface area contributed by atoms with Gasteiger partial charge in [-0.1, -0.05) is 60.7 Å². The van der Waals surface area contributed by atoms with Crippen LogP contribution in [0.4, 0.5) is 0 Å². The Morgan fingerprint density at radius 3 is 2.35 bits per heavy atom. The number of hydrogen-bond donors (Lipinski definition) is 0. The molecule has 4 heteroatoms. The fourth-order valence-corrected chi connectivity index (χ4v) is 3.01. The van der Waals surface area contributed by atoms with E-state index in [1.54, 1.807) is 0 Å². The summed E-state index contributed by atoms with van der Waals surface area (Å²) in [5, 5.41) is 10.8. The molecule has 4 aromatic rings. The summed E-state index contributed by atoms with van der Waals surface area (Å²) in [6.07, 6.45) is 3.97. The number of benzene rings is 3. The van der Waals surface area contributed by atoms with Crippen LogP contribution >= 0.6 is 0 Å². The molecule has 0 amide bonds. The van der Waals surface area contributed by atoms with E-state index in [1.807, 2.05) is 54.6 Å². The summed E-state index contributed by atoms with van der Waals surface area (Å²) >= 11 is 0. The highest BCUT2D eigenvalue weighted by Crippen LogP contribution is 2.43. The van der Waals surface area contributed by atoms with Crippen LogP contribution in [-0.4, -0.2) is 10.2 Å². The molecule has 0 N–H and O–H groups in total. The summed E-state index contributed by atoms with van der Waals surface area (Å²) in [6.45, 7) is 0. The minimum absolute atomic E-state index is 0.381. The Morgan fingerprint density at radius 2 is 1.42 bits per heavy atom. The van der Waals surface area contributed by atoms with Gasteiger partial charge in [0.15, 0.2) is 17.2 Å². The van der Waals surface area contributed by atoms with Crippen molar-refractivity contribution in [2.45, 2.75) is 0 Å². The van der Waals surface area contributed by atoms with E-state index in [9.17, 15) is 0 Å². The SMILES string of the molecule is C(=C\c1cccc2ccccc12)/c1cc2c(nn1)Oc1ccccc1O2. The van der Waals surface area contributed by atoms with E-state index in [4.69, 9.17) is 9.47 Å². The van der Waals surface area contributed by atoms with E-state index < -0.39 is 0 Å². The van der Waals surface area contributed by atoms with Crippen LogP contribution in [-0.2, 0) is 0 Å². The Balaban J connectivity index is 1.48. The molecule has 0 bridgehead atoms. The van der Waals surface area contributed by atoms with Gasteiger partial charge in [0.05, 0.1) is 5.69 Å². The fourth-order valence-electron chi connectivity index (χ4n) is 3.01. The second-order valence-electron chi connectivity index (χ2n) is 5.99. The van der Waals surface area contributed by atoms with Crippen LogP contribution in [0.2, 0.25) is 0 Å². The lowest BCUT2D eigenvalue weighted by atomic mass is 10.0. The molecule has 124 valence electrons. The molecule has 3 aromatic carbocycles. The van der Waals surface area contributed by atoms with E-state index in [2.05, 4.69) is 40.5 Å². The summed E-state index contributed by atoms with van der Waals surface area (Å²) in [5.41, 5.74) is 1.84. The normalized spacial score (nSPS) is 12.3. The van der Waals surface area contributed by atoms with E-state index >= 15 is 0 Å². The molecular formula is C22H14N2O2. The maximum Gasteiger partial charge on any atom is 0.282 e. The highest BCUT2D eigenvalue weighted by molar-refractivity contribution is 5.92. The smallest absolute Gasteiger partial charge is 0.282 e. The van der Waals surface area contributed by atoms with Crippen LogP contribution in [0.5, 0.6) is 23.1 Å². The maximum atomic E-state index is 5.88. The zero-order chi connectivity index (χ0) is 17.3. The zero-order valence-corrected chi connectivity index (χ0v) is 13.8. The number of fused-ring (bicyclic) bond motifs is 3. The zero-order valence-electron chi connectivity index (χ0n) is 13.8. The van der Waals surface area contributed by atoms with E-state index in [0.717, 1.165) is 5.56 Å². The van der Waals surface area contributed by atoms with Gasteiger partial charge in [0.2, 0.25) is 0 Å². The van der Waals surface area contributed by atoms with Crippen molar-refractivity contribution >= 4 is 22.9 Å². The van der Waals surface area contributed by atoms with Crippen LogP contribution in [0.25, 0.3) is 22.9 Å². The van der Waals surface area contributed by atoms with Crippen molar-refractivity contribution in [2.75, 3.05) is 0 Å². The van der Waals surface area contributed by atoms with E-state index in [0.29, 0.717) is 28.8 Å². The van der Waals surface area contributed by atoms with Crippen molar-refractivity contribution in [2.24, 2.45) is 0 Å². The first-order valence-corrected chi connectivity index (χ1v) is 8.35. The van der Waals surface area contributed by atoms with Gasteiger partial charge in [-0.15, -0.1) is 10.2 Å². The van der Waals surface area contributed by atoms with Gasteiger partial charge < -0.3 is 9.47 Å². The number of ether oxygens (including phenoxy) is 2. The van der Waals surface area contributed by atoms with Crippen LogP contribution in [0.1, 0.15) is 11.3 Å². The third-order valence-electron chi connectivity index (χ3n) is 4.28. The lowest BCUT2D eigenvalue weighted by Gasteiger charge is -2.18. The standard InChI is InChI=1S/C22H14N2O2/c1-2-9-18-15(6-1)7-5-8-16(18)12-13-17-14-21-22(24-23-17)26-20-11-4-3-10-19(20)25-21/h1-14H/b13-12+. The Labute approximate surface area is 150 Å². The lowest BCUT2D eigenvalue weighted by molar-refractivity contribution is 0.343. The van der Waals surface area contributed by atoms with Gasteiger partial charge in [0, 0.05) is 6.07 Å². The summed E-state index contributed by atoms with van der Waals surface area (Å²) in [4.78, 5) is 0. The van der Waals surface area contributed by atoms with Gasteiger partial charge in [0.1, 0.15) is 0 Å². The molecule has 1 aliphatic heterocycles. The second kappa shape index (κ2) is 6.01. The quantitative estimate of drug-likeness (QED) is 0.414. The summed E-state index contributed by atoms with van der Waals surface area (Å²) < 4.78 is 11.6. The predicted molar refractivity (Wildman–Crippen MR) is 101 cm³/mol.